The van der Waals surface area contributed by atoms with Crippen molar-refractivity contribution in [3.05, 3.63) is 42.2 Å². The van der Waals surface area contributed by atoms with Crippen molar-refractivity contribution in [2.24, 2.45) is 5.92 Å². The standard InChI is InChI=1S/C10H13O2/c1-8(10(11)12)7-9-5-3-2-4-6-9/h2-6,8,11-12H,7H2,1H3. The Balaban J connectivity index is 2.53. The molecule has 0 amide bonds. The second-order valence-corrected chi connectivity index (χ2v) is 2.95. The number of benzene rings is 1. The van der Waals surface area contributed by atoms with Gasteiger partial charge in [-0.1, -0.05) is 37.3 Å². The molecule has 2 N–H and O–H groups in total. The zero-order valence-corrected chi connectivity index (χ0v) is 7.07. The number of aliphatic hydroxyl groups is 2. The Morgan fingerprint density at radius 1 is 1.25 bits per heavy atom. The zero-order valence-electron chi connectivity index (χ0n) is 7.07. The molecule has 0 saturated carbocycles. The predicted octanol–water partition coefficient (Wildman–Crippen LogP) is 2.10. The first-order valence-corrected chi connectivity index (χ1v) is 3.99. The van der Waals surface area contributed by atoms with Crippen LogP contribution in [0.3, 0.4) is 0 Å². The number of hydrogen-bond donors (Lipinski definition) is 2. The second kappa shape index (κ2) is 4.24. The molecule has 0 saturated heterocycles. The number of hydrogen-bond acceptors (Lipinski definition) is 2. The average Bonchev–Trinajstić information content (AvgIpc) is 2.06. The highest BCUT2D eigenvalue weighted by Gasteiger charge is 2.12. The summed E-state index contributed by atoms with van der Waals surface area (Å²) in [6, 6.07) is 9.77. The molecular formula is C10H13O2. The van der Waals surface area contributed by atoms with E-state index in [1.807, 2.05) is 30.3 Å². The largest absolute Gasteiger partial charge is 0.361 e. The minimum Gasteiger partial charge on any atom is -0.361 e. The van der Waals surface area contributed by atoms with E-state index in [4.69, 9.17) is 10.2 Å². The highest BCUT2D eigenvalue weighted by atomic mass is 16.5. The third-order valence-corrected chi connectivity index (χ3v) is 1.83. The molecule has 2 heteroatoms. The van der Waals surface area contributed by atoms with Gasteiger partial charge in [0.25, 0.3) is 0 Å². The van der Waals surface area contributed by atoms with Gasteiger partial charge in [0.1, 0.15) is 0 Å². The molecule has 1 atom stereocenters. The molecule has 0 spiro atoms. The van der Waals surface area contributed by atoms with Crippen LogP contribution in [-0.2, 0) is 6.42 Å². The lowest BCUT2D eigenvalue weighted by molar-refractivity contribution is 0.0393. The summed E-state index contributed by atoms with van der Waals surface area (Å²) in [4.78, 5) is 0. The summed E-state index contributed by atoms with van der Waals surface area (Å²) in [6.45, 7) is 1.78. The summed E-state index contributed by atoms with van der Waals surface area (Å²) in [5, 5.41) is 17.5. The summed E-state index contributed by atoms with van der Waals surface area (Å²) < 4.78 is 0. The van der Waals surface area contributed by atoms with E-state index in [1.54, 1.807) is 6.92 Å². The van der Waals surface area contributed by atoms with E-state index in [9.17, 15) is 0 Å². The van der Waals surface area contributed by atoms with Gasteiger partial charge in [0, 0.05) is 5.92 Å². The molecule has 0 fully saturated rings. The Labute approximate surface area is 72.5 Å². The van der Waals surface area contributed by atoms with Gasteiger partial charge in [-0.25, -0.2) is 0 Å². The Kier molecular flexibility index (Phi) is 3.26. The molecular weight excluding hydrogens is 152 g/mol. The fourth-order valence-electron chi connectivity index (χ4n) is 1.06. The summed E-state index contributed by atoms with van der Waals surface area (Å²) >= 11 is 0. The molecule has 1 aromatic carbocycles. The van der Waals surface area contributed by atoms with E-state index >= 15 is 0 Å². The highest BCUT2D eigenvalue weighted by molar-refractivity contribution is 5.15. The molecule has 1 unspecified atom stereocenters. The quantitative estimate of drug-likeness (QED) is 0.720. The van der Waals surface area contributed by atoms with E-state index < -0.39 is 6.29 Å². The second-order valence-electron chi connectivity index (χ2n) is 2.95. The van der Waals surface area contributed by atoms with Gasteiger partial charge in [-0.15, -0.1) is 0 Å². The maximum absolute atomic E-state index is 8.75. The van der Waals surface area contributed by atoms with Crippen molar-refractivity contribution in [2.45, 2.75) is 13.3 Å². The van der Waals surface area contributed by atoms with Crippen LogP contribution in [0.15, 0.2) is 30.3 Å². The van der Waals surface area contributed by atoms with Gasteiger partial charge in [-0.2, -0.15) is 0 Å². The molecule has 0 aromatic heterocycles. The summed E-state index contributed by atoms with van der Waals surface area (Å²) in [5.41, 5.74) is 1.12. The highest BCUT2D eigenvalue weighted by Crippen LogP contribution is 2.13. The monoisotopic (exact) mass is 165 g/mol. The summed E-state index contributed by atoms with van der Waals surface area (Å²) in [6.07, 6.45) is 0.183. The Hall–Kier alpha value is -0.860. The molecule has 1 rings (SSSR count). The first-order chi connectivity index (χ1) is 5.70. The van der Waals surface area contributed by atoms with Gasteiger partial charge in [-0.3, -0.25) is 0 Å². The van der Waals surface area contributed by atoms with Gasteiger partial charge in [-0.05, 0) is 12.0 Å². The van der Waals surface area contributed by atoms with Crippen LogP contribution in [0.4, 0.5) is 0 Å². The zero-order chi connectivity index (χ0) is 8.97. The Morgan fingerprint density at radius 2 is 1.83 bits per heavy atom. The molecule has 12 heavy (non-hydrogen) atoms. The van der Waals surface area contributed by atoms with Crippen LogP contribution in [-0.4, -0.2) is 10.2 Å². The smallest absolute Gasteiger partial charge is 0.221 e. The van der Waals surface area contributed by atoms with Gasteiger partial charge in [0.15, 0.2) is 0 Å². The summed E-state index contributed by atoms with van der Waals surface area (Å²) in [5.74, 6) is -0.188. The van der Waals surface area contributed by atoms with Gasteiger partial charge < -0.3 is 10.2 Å². The lowest BCUT2D eigenvalue weighted by atomic mass is 10.0. The van der Waals surface area contributed by atoms with Crippen LogP contribution in [0.1, 0.15) is 12.5 Å². The van der Waals surface area contributed by atoms with E-state index in [0.29, 0.717) is 6.42 Å². The molecule has 0 bridgehead atoms. The fraction of sp³-hybridized carbons (Fsp3) is 0.300. The van der Waals surface area contributed by atoms with Crippen LogP contribution in [0, 0.1) is 12.2 Å². The predicted molar refractivity (Wildman–Crippen MR) is 46.4 cm³/mol. The lowest BCUT2D eigenvalue weighted by Gasteiger charge is -2.11. The fourth-order valence-corrected chi connectivity index (χ4v) is 1.06. The van der Waals surface area contributed by atoms with Crippen molar-refractivity contribution < 1.29 is 10.2 Å². The van der Waals surface area contributed by atoms with Crippen molar-refractivity contribution in [1.29, 1.82) is 0 Å². The molecule has 0 aliphatic heterocycles. The van der Waals surface area contributed by atoms with Crippen molar-refractivity contribution >= 4 is 0 Å². The third kappa shape index (κ3) is 2.64. The number of aliphatic hydroxyl groups excluding tert-OH is 1. The Morgan fingerprint density at radius 3 is 2.33 bits per heavy atom. The van der Waals surface area contributed by atoms with Crippen LogP contribution in [0.25, 0.3) is 0 Å². The average molecular weight is 165 g/mol. The third-order valence-electron chi connectivity index (χ3n) is 1.83. The minimum atomic E-state index is -0.487. The molecule has 65 valence electrons. The van der Waals surface area contributed by atoms with Gasteiger partial charge in [0.05, 0.1) is 0 Å². The molecule has 1 aromatic rings. The molecule has 0 aliphatic rings. The number of rotatable bonds is 3. The van der Waals surface area contributed by atoms with Crippen LogP contribution < -0.4 is 0 Å². The van der Waals surface area contributed by atoms with Gasteiger partial charge >= 0.3 is 0 Å². The van der Waals surface area contributed by atoms with Crippen molar-refractivity contribution in [1.82, 2.24) is 0 Å². The van der Waals surface area contributed by atoms with E-state index in [0.717, 1.165) is 5.56 Å². The van der Waals surface area contributed by atoms with Crippen molar-refractivity contribution in [3.8, 4) is 0 Å². The minimum absolute atomic E-state index is 0.188. The summed E-state index contributed by atoms with van der Waals surface area (Å²) in [7, 11) is 0. The van der Waals surface area contributed by atoms with Crippen molar-refractivity contribution in [2.75, 3.05) is 0 Å². The topological polar surface area (TPSA) is 40.5 Å². The van der Waals surface area contributed by atoms with Crippen molar-refractivity contribution in [3.63, 3.8) is 0 Å². The van der Waals surface area contributed by atoms with E-state index in [2.05, 4.69) is 0 Å². The first-order valence-electron chi connectivity index (χ1n) is 3.99. The van der Waals surface area contributed by atoms with Gasteiger partial charge in [0.2, 0.25) is 6.29 Å². The van der Waals surface area contributed by atoms with Crippen LogP contribution in [0.2, 0.25) is 0 Å². The van der Waals surface area contributed by atoms with E-state index in [1.165, 1.54) is 0 Å². The molecule has 0 heterocycles. The molecule has 2 nitrogen and oxygen atoms in total. The maximum atomic E-state index is 8.75. The maximum Gasteiger partial charge on any atom is 0.221 e. The normalized spacial score (nSPS) is 13.3. The Bertz CT molecular complexity index is 219. The molecule has 0 aliphatic carbocycles. The molecule has 1 radical (unpaired) electrons. The van der Waals surface area contributed by atoms with E-state index in [-0.39, 0.29) is 5.92 Å². The van der Waals surface area contributed by atoms with Crippen LogP contribution in [0.5, 0.6) is 0 Å². The lowest BCUT2D eigenvalue weighted by Crippen LogP contribution is -2.10. The van der Waals surface area contributed by atoms with Crippen LogP contribution >= 0.6 is 0 Å². The SMILES string of the molecule is CC(Cc1ccccc1)[C](O)O. The first kappa shape index (κ1) is 9.23.